The van der Waals surface area contributed by atoms with Gasteiger partial charge >= 0.3 is 5.97 Å². The number of aromatic amines is 1. The molecule has 0 fully saturated rings. The molecule has 0 aliphatic carbocycles. The van der Waals surface area contributed by atoms with Gasteiger partial charge < -0.3 is 5.11 Å². The van der Waals surface area contributed by atoms with Gasteiger partial charge in [-0.05, 0) is 52.5 Å². The van der Waals surface area contributed by atoms with E-state index >= 15 is 4.39 Å². The maximum Gasteiger partial charge on any atom is 0.328 e. The highest BCUT2D eigenvalue weighted by Crippen LogP contribution is 2.37. The number of hydrogen-bond acceptors (Lipinski definition) is 2. The first-order valence-corrected chi connectivity index (χ1v) is 10.0. The number of carbonyl (C=O) groups is 1. The Kier molecular flexibility index (Phi) is 5.76. The summed E-state index contributed by atoms with van der Waals surface area (Å²) in [5, 5.41) is 16.1. The molecule has 5 heteroatoms. The van der Waals surface area contributed by atoms with Crippen LogP contribution in [0.25, 0.3) is 28.1 Å². The van der Waals surface area contributed by atoms with Crippen molar-refractivity contribution in [3.8, 4) is 0 Å². The Morgan fingerprint density at radius 2 is 1.77 bits per heavy atom. The molecule has 0 spiro atoms. The van der Waals surface area contributed by atoms with Gasteiger partial charge in [0.05, 0.1) is 17.1 Å². The Labute approximate surface area is 179 Å². The fourth-order valence-electron chi connectivity index (χ4n) is 3.76. The van der Waals surface area contributed by atoms with Crippen molar-refractivity contribution in [1.29, 1.82) is 0 Å². The van der Waals surface area contributed by atoms with E-state index in [1.165, 1.54) is 12.3 Å². The number of fused-ring (bicyclic) bond motifs is 1. The first-order valence-electron chi connectivity index (χ1n) is 10.0. The van der Waals surface area contributed by atoms with Crippen LogP contribution >= 0.6 is 0 Å². The van der Waals surface area contributed by atoms with Gasteiger partial charge in [-0.2, -0.15) is 5.10 Å². The fourth-order valence-corrected chi connectivity index (χ4v) is 3.76. The number of allylic oxidation sites excluding steroid dienone is 1. The normalized spacial score (nSPS) is 12.3. The lowest BCUT2D eigenvalue weighted by Gasteiger charge is -2.17. The number of aliphatic carboxylic acids is 1. The molecule has 0 unspecified atom stereocenters. The Bertz CT molecular complexity index is 1290. The molecule has 0 atom stereocenters. The largest absolute Gasteiger partial charge is 0.478 e. The molecule has 31 heavy (non-hydrogen) atoms. The van der Waals surface area contributed by atoms with Crippen LogP contribution in [0.5, 0.6) is 0 Å². The molecule has 2 N–H and O–H groups in total. The van der Waals surface area contributed by atoms with E-state index in [0.29, 0.717) is 22.9 Å². The highest BCUT2D eigenvalue weighted by molar-refractivity contribution is 6.00. The summed E-state index contributed by atoms with van der Waals surface area (Å²) in [5.74, 6) is -1.32. The predicted molar refractivity (Wildman–Crippen MR) is 122 cm³/mol. The first kappa shape index (κ1) is 20.3. The lowest BCUT2D eigenvalue weighted by molar-refractivity contribution is -0.131. The number of hydrogen-bond donors (Lipinski definition) is 2. The van der Waals surface area contributed by atoms with Gasteiger partial charge in [-0.15, -0.1) is 0 Å². The summed E-state index contributed by atoms with van der Waals surface area (Å²) in [4.78, 5) is 10.8. The molecular formula is C26H21FN2O2. The molecule has 0 amide bonds. The third kappa shape index (κ3) is 4.16. The van der Waals surface area contributed by atoms with Gasteiger partial charge in [-0.3, -0.25) is 5.10 Å². The minimum absolute atomic E-state index is 0.321. The zero-order chi connectivity index (χ0) is 21.8. The minimum atomic E-state index is -1.00. The van der Waals surface area contributed by atoms with Gasteiger partial charge in [0.25, 0.3) is 0 Å². The van der Waals surface area contributed by atoms with Gasteiger partial charge in [0.15, 0.2) is 0 Å². The SMILES string of the molecule is CC/C(=C(/c1ccc(/C=C/C(=O)O)cc1)c1ccc2[nH]ncc2c1F)c1ccccc1. The van der Waals surface area contributed by atoms with Crippen LogP contribution in [0.3, 0.4) is 0 Å². The molecule has 1 heterocycles. The summed E-state index contributed by atoms with van der Waals surface area (Å²) >= 11 is 0. The summed E-state index contributed by atoms with van der Waals surface area (Å²) in [5.41, 5.74) is 5.63. The predicted octanol–water partition coefficient (Wildman–Crippen LogP) is 6.17. The molecule has 0 aliphatic heterocycles. The van der Waals surface area contributed by atoms with Crippen molar-refractivity contribution in [2.45, 2.75) is 13.3 Å². The summed E-state index contributed by atoms with van der Waals surface area (Å²) in [6, 6.07) is 21.0. The van der Waals surface area contributed by atoms with Gasteiger partial charge in [0, 0.05) is 11.6 Å². The van der Waals surface area contributed by atoms with E-state index in [-0.39, 0.29) is 5.82 Å². The zero-order valence-electron chi connectivity index (χ0n) is 17.0. The van der Waals surface area contributed by atoms with E-state index in [0.717, 1.165) is 33.9 Å². The lowest BCUT2D eigenvalue weighted by atomic mass is 9.87. The van der Waals surface area contributed by atoms with Crippen LogP contribution in [0.2, 0.25) is 0 Å². The molecule has 0 aliphatic rings. The number of H-pyrrole nitrogens is 1. The van der Waals surface area contributed by atoms with E-state index in [1.54, 1.807) is 6.07 Å². The van der Waals surface area contributed by atoms with Crippen molar-refractivity contribution in [2.24, 2.45) is 0 Å². The molecule has 0 radical (unpaired) electrons. The van der Waals surface area contributed by atoms with Crippen molar-refractivity contribution in [2.75, 3.05) is 0 Å². The number of rotatable bonds is 6. The number of nitrogens with one attached hydrogen (secondary N) is 1. The number of halogens is 1. The van der Waals surface area contributed by atoms with Crippen molar-refractivity contribution in [3.05, 3.63) is 107 Å². The molecular weight excluding hydrogens is 391 g/mol. The van der Waals surface area contributed by atoms with Crippen molar-refractivity contribution < 1.29 is 14.3 Å². The molecule has 154 valence electrons. The van der Waals surface area contributed by atoms with Crippen molar-refractivity contribution >= 4 is 34.1 Å². The third-order valence-electron chi connectivity index (χ3n) is 5.22. The number of carboxylic acid groups (broad SMARTS) is 1. The molecule has 0 bridgehead atoms. The second-order valence-corrected chi connectivity index (χ2v) is 7.13. The maximum absolute atomic E-state index is 15.6. The first-order chi connectivity index (χ1) is 15.1. The molecule has 3 aromatic carbocycles. The number of carboxylic acids is 1. The van der Waals surface area contributed by atoms with Gasteiger partial charge in [-0.1, -0.05) is 61.5 Å². The fraction of sp³-hybridized carbons (Fsp3) is 0.0769. The van der Waals surface area contributed by atoms with E-state index in [2.05, 4.69) is 17.1 Å². The molecule has 4 nitrogen and oxygen atoms in total. The quantitative estimate of drug-likeness (QED) is 0.294. The second-order valence-electron chi connectivity index (χ2n) is 7.13. The second kappa shape index (κ2) is 8.79. The Hall–Kier alpha value is -3.99. The van der Waals surface area contributed by atoms with E-state index in [9.17, 15) is 4.79 Å². The highest BCUT2D eigenvalue weighted by atomic mass is 19.1. The molecule has 0 saturated carbocycles. The third-order valence-corrected chi connectivity index (χ3v) is 5.22. The average Bonchev–Trinajstić information content (AvgIpc) is 3.28. The summed E-state index contributed by atoms with van der Waals surface area (Å²) in [7, 11) is 0. The van der Waals surface area contributed by atoms with Crippen LogP contribution in [0.15, 0.2) is 79.0 Å². The van der Waals surface area contributed by atoms with Gasteiger partial charge in [0.2, 0.25) is 0 Å². The summed E-state index contributed by atoms with van der Waals surface area (Å²) in [6.07, 6.45) is 4.84. The van der Waals surface area contributed by atoms with Gasteiger partial charge in [-0.25, -0.2) is 9.18 Å². The van der Waals surface area contributed by atoms with Crippen LogP contribution in [0.4, 0.5) is 4.39 Å². The van der Waals surface area contributed by atoms with Gasteiger partial charge in [0.1, 0.15) is 5.82 Å². The van der Waals surface area contributed by atoms with Crippen LogP contribution < -0.4 is 0 Å². The number of nitrogens with zero attached hydrogens (tertiary/aromatic N) is 1. The van der Waals surface area contributed by atoms with Crippen LogP contribution in [0.1, 0.15) is 35.6 Å². The Morgan fingerprint density at radius 1 is 1.03 bits per heavy atom. The van der Waals surface area contributed by atoms with Crippen LogP contribution in [-0.4, -0.2) is 21.3 Å². The average molecular weight is 412 g/mol. The van der Waals surface area contributed by atoms with Crippen molar-refractivity contribution in [3.63, 3.8) is 0 Å². The Morgan fingerprint density at radius 3 is 2.45 bits per heavy atom. The topological polar surface area (TPSA) is 66.0 Å². The lowest BCUT2D eigenvalue weighted by Crippen LogP contribution is -1.98. The smallest absolute Gasteiger partial charge is 0.328 e. The zero-order valence-corrected chi connectivity index (χ0v) is 17.0. The molecule has 4 rings (SSSR count). The van der Waals surface area contributed by atoms with Crippen LogP contribution in [0, 0.1) is 5.82 Å². The van der Waals surface area contributed by atoms with E-state index in [4.69, 9.17) is 5.11 Å². The highest BCUT2D eigenvalue weighted by Gasteiger charge is 2.18. The Balaban J connectivity index is 1.94. The monoisotopic (exact) mass is 412 g/mol. The standard InChI is InChI=1S/C26H21FN2O2/c1-2-20(18-6-4-3-5-7-18)25(19-11-8-17(9-12-19)10-15-24(30)31)21-13-14-23-22(26(21)27)16-28-29-23/h3-16H,2H2,1H3,(H,28,29)(H,30,31)/b15-10+,25-20+. The molecule has 0 saturated heterocycles. The maximum atomic E-state index is 15.6. The van der Waals surface area contributed by atoms with Crippen molar-refractivity contribution in [1.82, 2.24) is 10.2 Å². The minimum Gasteiger partial charge on any atom is -0.478 e. The number of aromatic nitrogens is 2. The van der Waals surface area contributed by atoms with E-state index < -0.39 is 5.97 Å². The van der Waals surface area contributed by atoms with Crippen LogP contribution in [-0.2, 0) is 4.79 Å². The van der Waals surface area contributed by atoms with E-state index in [1.807, 2.05) is 60.7 Å². The number of benzene rings is 3. The summed E-state index contributed by atoms with van der Waals surface area (Å²) < 4.78 is 15.6. The molecule has 4 aromatic rings. The summed E-state index contributed by atoms with van der Waals surface area (Å²) in [6.45, 7) is 2.06. The molecule has 1 aromatic heterocycles.